The molecule has 0 fully saturated rings. The fraction of sp³-hybridized carbons (Fsp3) is 0.111. The highest BCUT2D eigenvalue weighted by Gasteiger charge is 2.52. The van der Waals surface area contributed by atoms with E-state index in [1.54, 1.807) is 0 Å². The average molecular weight is 745 g/mol. The third-order valence-corrected chi connectivity index (χ3v) is 9.69. The molecule has 0 saturated carbocycles. The van der Waals surface area contributed by atoms with Crippen LogP contribution in [0.15, 0.2) is 175 Å². The number of fused-ring (bicyclic) bond motifs is 13. The monoisotopic (exact) mass is 745 g/mol. The van der Waals surface area contributed by atoms with Gasteiger partial charge >= 0.3 is 0 Å². The van der Waals surface area contributed by atoms with Gasteiger partial charge in [-0.05, 0) is 116 Å². The lowest BCUT2D eigenvalue weighted by Crippen LogP contribution is -2.26. The number of benzene rings is 8. The van der Waals surface area contributed by atoms with Crippen LogP contribution >= 0.6 is 0 Å². The maximum atomic E-state index is 10.7. The van der Waals surface area contributed by atoms with Crippen molar-refractivity contribution >= 4 is 17.1 Å². The molecule has 1 heteroatoms. The second kappa shape index (κ2) is 11.5. The van der Waals surface area contributed by atoms with Crippen molar-refractivity contribution in [3.63, 3.8) is 0 Å². The summed E-state index contributed by atoms with van der Waals surface area (Å²) in [4.78, 5) is 0.0719. The van der Waals surface area contributed by atoms with Crippen molar-refractivity contribution in [2.45, 2.75) is 38.2 Å². The first-order chi connectivity index (χ1) is 43.9. The zero-order valence-electron chi connectivity index (χ0n) is 68.4. The Morgan fingerprint density at radius 1 is 0.400 bits per heavy atom. The van der Waals surface area contributed by atoms with Gasteiger partial charge in [-0.3, -0.25) is 0 Å². The Morgan fingerprint density at radius 3 is 1.64 bits per heavy atom. The Bertz CT molecular complexity index is 4860. The minimum absolute atomic E-state index is 0.0719. The predicted molar refractivity (Wildman–Crippen MR) is 230 cm³/mol. The molecule has 0 N–H and O–H groups in total. The summed E-state index contributed by atoms with van der Waals surface area (Å²) in [6, 6.07) is -39.1. The van der Waals surface area contributed by atoms with E-state index in [4.69, 9.17) is 32.9 Å². The summed E-state index contributed by atoms with van der Waals surface area (Å²) < 4.78 is 380. The van der Waals surface area contributed by atoms with E-state index in [0.29, 0.717) is 0 Å². The number of rotatable bonds is 4. The molecule has 0 aliphatic heterocycles. The first kappa shape index (κ1) is 11.1. The summed E-state index contributed by atoms with van der Waals surface area (Å²) in [5.74, 6) is 0. The van der Waals surface area contributed by atoms with E-state index >= 15 is 0 Å². The van der Waals surface area contributed by atoms with Crippen LogP contribution in [0, 0.1) is 13.7 Å². The lowest BCUT2D eigenvalue weighted by atomic mass is 9.70. The minimum atomic E-state index is -4.18. The summed E-state index contributed by atoms with van der Waals surface area (Å²) in [6.45, 7) is -15.6. The van der Waals surface area contributed by atoms with Crippen LogP contribution in [0.2, 0.25) is 0 Å². The topological polar surface area (TPSA) is 3.24 Å². The molecule has 0 bridgehead atoms. The number of hydrogen-bond donors (Lipinski definition) is 0. The Hall–Kier alpha value is -6.44. The maximum absolute atomic E-state index is 10.7. The summed E-state index contributed by atoms with van der Waals surface area (Å²) in [5.41, 5.74) is -30.4. The molecule has 3 aliphatic carbocycles. The highest BCUT2D eigenvalue weighted by molar-refractivity contribution is 5.98. The van der Waals surface area contributed by atoms with E-state index in [-0.39, 0.29) is 4.90 Å². The van der Waals surface area contributed by atoms with Crippen LogP contribution in [0.1, 0.15) is 114 Å². The number of para-hydroxylation sites is 1. The zero-order valence-corrected chi connectivity index (χ0v) is 27.4. The Labute approximate surface area is 381 Å². The molecule has 0 radical (unpaired) electrons. The van der Waals surface area contributed by atoms with Crippen molar-refractivity contribution < 1.29 is 56.2 Å². The van der Waals surface area contributed by atoms with Gasteiger partial charge in [-0.2, -0.15) is 0 Å². The van der Waals surface area contributed by atoms with Gasteiger partial charge in [0.05, 0.1) is 50.9 Å². The molecular formula is C54H41N. The van der Waals surface area contributed by atoms with Crippen molar-refractivity contribution in [1.29, 1.82) is 0 Å². The van der Waals surface area contributed by atoms with Crippen LogP contribution in [-0.4, -0.2) is 0 Å². The Balaban J connectivity index is 1.49. The van der Waals surface area contributed by atoms with Crippen molar-refractivity contribution in [2.75, 3.05) is 4.90 Å². The smallest absolute Gasteiger partial charge is 0.0725 e. The molecule has 8 aromatic rings. The average Bonchev–Trinajstić information content (AvgIpc) is 1.47. The Kier molecular flexibility index (Phi) is 2.32. The molecular weight excluding hydrogens is 663 g/mol. The SMILES string of the molecule is [2H]c1c([2H])c([2H])c(-c2c([2H])c([2H])c([2H])c([2H])c2N(c2c([2H])c([2H])c3c(c2[2H])-c2c([2H])c([2H])c([2H])c([2H])c2C32c3c([2H])c(C([2H])([2H])[2H])c([2H])c([2H])c3-c3c([2H])c([2H])c(C([2H])([2H])[2H])c([2H])c32)c2c([2H])c([2H])c3c(c2[2H])C(C([2H])([2H])[2H])(C([2H])([2H])[2H])c2c([2H])c([2H])c([2H])c([2H])c2-3)c([2H])c1[2H]. The van der Waals surface area contributed by atoms with E-state index in [0.717, 1.165) is 0 Å². The number of nitrogens with zero attached hydrogens (tertiary/aromatic N) is 1. The van der Waals surface area contributed by atoms with Gasteiger partial charge in [0.2, 0.25) is 0 Å². The molecule has 0 amide bonds. The van der Waals surface area contributed by atoms with Gasteiger partial charge in [-0.25, -0.2) is 0 Å². The van der Waals surface area contributed by atoms with Gasteiger partial charge in [-0.1, -0.05) is 170 Å². The van der Waals surface area contributed by atoms with Crippen molar-refractivity contribution in [3.8, 4) is 44.5 Å². The van der Waals surface area contributed by atoms with Crippen LogP contribution < -0.4 is 4.90 Å². The Morgan fingerprint density at radius 2 is 0.927 bits per heavy atom. The first-order valence-electron chi connectivity index (χ1n) is 36.7. The second-order valence-electron chi connectivity index (χ2n) is 12.5. The summed E-state index contributed by atoms with van der Waals surface area (Å²) >= 11 is 0. The first-order valence-corrected chi connectivity index (χ1v) is 16.2. The minimum Gasteiger partial charge on any atom is -0.310 e. The predicted octanol–water partition coefficient (Wildman–Crippen LogP) is 14.1. The summed E-state index contributed by atoms with van der Waals surface area (Å²) in [6.07, 6.45) is 0. The van der Waals surface area contributed by atoms with Crippen LogP contribution in [-0.2, 0) is 10.8 Å². The van der Waals surface area contributed by atoms with Gasteiger partial charge in [-0.15, -0.1) is 0 Å². The van der Waals surface area contributed by atoms with E-state index < -0.39 is 320 Å². The standard InChI is InChI=1S/C54H41N/c1-34-22-26-43-44-27-23-35(2)31-51(44)54(50(43)30-34)47-20-12-9-18-41(47)45-32-37(25-29-48(45)54)55(52-21-13-10-16-39(52)36-14-6-5-7-15-36)38-24-28-42-40-17-8-11-19-46(40)53(3,4)49(42)33-38/h5-33H,1-4H3/i1D3,2D3,3D3,4D3,5D,6D,7D,8D,9D,10D,11D,12D,13D,14D,15D,16D,17D,18D,19D,20D,21D,22D,23D,24D,25D,26D,27D,28D,29D,30D,31D,32D,33D. The molecule has 0 atom stereocenters. The van der Waals surface area contributed by atoms with Crippen molar-refractivity contribution in [1.82, 2.24) is 0 Å². The van der Waals surface area contributed by atoms with Crippen LogP contribution in [0.4, 0.5) is 17.1 Å². The summed E-state index contributed by atoms with van der Waals surface area (Å²) in [7, 11) is 0. The van der Waals surface area contributed by atoms with Crippen LogP contribution in [0.25, 0.3) is 44.5 Å². The second-order valence-corrected chi connectivity index (χ2v) is 12.5. The fourth-order valence-corrected chi connectivity index (χ4v) is 7.51. The fourth-order valence-electron chi connectivity index (χ4n) is 7.51. The normalized spacial score (nSPS) is 26.0. The zero-order chi connectivity index (χ0) is 72.3. The van der Waals surface area contributed by atoms with Crippen LogP contribution in [0.3, 0.4) is 0 Å². The highest BCUT2D eigenvalue weighted by Crippen LogP contribution is 2.63. The molecule has 0 unspecified atom stereocenters. The molecule has 3 aliphatic rings. The van der Waals surface area contributed by atoms with Gasteiger partial charge < -0.3 is 4.90 Å². The maximum Gasteiger partial charge on any atom is 0.0725 e. The molecule has 1 spiro atoms. The lowest BCUT2D eigenvalue weighted by Gasteiger charge is -2.32. The number of anilines is 3. The van der Waals surface area contributed by atoms with E-state index in [1.165, 1.54) is 0 Å². The molecule has 262 valence electrons. The quantitative estimate of drug-likeness (QED) is 0.173. The third kappa shape index (κ3) is 4.36. The molecule has 8 aromatic carbocycles. The highest BCUT2D eigenvalue weighted by atomic mass is 15.1. The molecule has 11 rings (SSSR count). The molecule has 0 aromatic heterocycles. The van der Waals surface area contributed by atoms with Crippen molar-refractivity contribution in [3.05, 3.63) is 220 Å². The van der Waals surface area contributed by atoms with Gasteiger partial charge in [0, 0.05) is 38.8 Å². The largest absolute Gasteiger partial charge is 0.310 e. The van der Waals surface area contributed by atoms with Crippen molar-refractivity contribution in [2.24, 2.45) is 0 Å². The van der Waals surface area contributed by atoms with Gasteiger partial charge in [0.15, 0.2) is 0 Å². The van der Waals surface area contributed by atoms with E-state index in [1.807, 2.05) is 0 Å². The van der Waals surface area contributed by atoms with E-state index in [9.17, 15) is 23.3 Å². The molecule has 1 nitrogen and oxygen atoms in total. The van der Waals surface area contributed by atoms with Gasteiger partial charge in [0.25, 0.3) is 0 Å². The van der Waals surface area contributed by atoms with Crippen LogP contribution in [0.5, 0.6) is 0 Å². The molecule has 55 heavy (non-hydrogen) atoms. The lowest BCUT2D eigenvalue weighted by molar-refractivity contribution is 0.660. The summed E-state index contributed by atoms with van der Waals surface area (Å²) in [5, 5.41) is 0. The molecule has 0 saturated heterocycles. The van der Waals surface area contributed by atoms with Gasteiger partial charge in [0.1, 0.15) is 0 Å². The number of hydrogen-bond acceptors (Lipinski definition) is 1. The van der Waals surface area contributed by atoms with E-state index in [2.05, 4.69) is 0 Å². The third-order valence-electron chi connectivity index (χ3n) is 9.69. The molecule has 0 heterocycles.